The molecule has 0 aliphatic carbocycles. The summed E-state index contributed by atoms with van der Waals surface area (Å²) < 4.78 is 1.89. The Balaban J connectivity index is 2.51. The van der Waals surface area contributed by atoms with Gasteiger partial charge in [0.15, 0.2) is 0 Å². The first kappa shape index (κ1) is 11.8. The van der Waals surface area contributed by atoms with Crippen molar-refractivity contribution in [3.05, 3.63) is 41.0 Å². The zero-order valence-corrected chi connectivity index (χ0v) is 10.6. The molecular weight excluding hydrogens is 212 g/mol. The number of nitrogens with two attached hydrogens (primary N) is 1. The van der Waals surface area contributed by atoms with Gasteiger partial charge >= 0.3 is 0 Å². The minimum absolute atomic E-state index is 0.586. The fraction of sp³-hybridized carbons (Fsp3) is 0.385. The van der Waals surface area contributed by atoms with Gasteiger partial charge < -0.3 is 5.73 Å². The van der Waals surface area contributed by atoms with Gasteiger partial charge in [-0.3, -0.25) is 0 Å². The second-order valence-electron chi connectivity index (χ2n) is 4.37. The van der Waals surface area contributed by atoms with E-state index in [-0.39, 0.29) is 0 Å². The Morgan fingerprint density at radius 1 is 1.12 bits per heavy atom. The van der Waals surface area contributed by atoms with Crippen LogP contribution >= 0.6 is 0 Å². The molecule has 0 radical (unpaired) electrons. The molecular formula is C13H18N4. The average molecular weight is 230 g/mol. The number of rotatable bonds is 3. The lowest BCUT2D eigenvalue weighted by molar-refractivity contribution is 0.772. The molecule has 0 amide bonds. The lowest BCUT2D eigenvalue weighted by Gasteiger charge is -2.07. The molecule has 0 spiro atoms. The molecule has 90 valence electrons. The SMILES string of the molecule is Cc1cc(C)cc(-n2nc(C)nc2CCN)c1. The fourth-order valence-electron chi connectivity index (χ4n) is 2.03. The van der Waals surface area contributed by atoms with Crippen LogP contribution in [0.25, 0.3) is 5.69 Å². The molecule has 0 fully saturated rings. The van der Waals surface area contributed by atoms with Gasteiger partial charge in [-0.15, -0.1) is 0 Å². The number of hydrogen-bond acceptors (Lipinski definition) is 3. The molecule has 17 heavy (non-hydrogen) atoms. The van der Waals surface area contributed by atoms with Gasteiger partial charge in [0.2, 0.25) is 0 Å². The first-order valence-corrected chi connectivity index (χ1v) is 5.81. The van der Waals surface area contributed by atoms with E-state index in [2.05, 4.69) is 42.1 Å². The minimum Gasteiger partial charge on any atom is -0.330 e. The van der Waals surface area contributed by atoms with E-state index >= 15 is 0 Å². The molecule has 4 nitrogen and oxygen atoms in total. The highest BCUT2D eigenvalue weighted by molar-refractivity contribution is 5.39. The number of nitrogens with zero attached hydrogens (tertiary/aromatic N) is 3. The molecule has 4 heteroatoms. The van der Waals surface area contributed by atoms with Gasteiger partial charge in [0.25, 0.3) is 0 Å². The molecule has 2 aromatic rings. The second-order valence-corrected chi connectivity index (χ2v) is 4.37. The highest BCUT2D eigenvalue weighted by Crippen LogP contribution is 2.15. The van der Waals surface area contributed by atoms with Crippen LogP contribution < -0.4 is 5.73 Å². The first-order chi connectivity index (χ1) is 8.10. The van der Waals surface area contributed by atoms with Crippen molar-refractivity contribution >= 4 is 0 Å². The van der Waals surface area contributed by atoms with Crippen LogP contribution in [-0.2, 0) is 6.42 Å². The summed E-state index contributed by atoms with van der Waals surface area (Å²) >= 11 is 0. The van der Waals surface area contributed by atoms with E-state index in [0.717, 1.165) is 23.8 Å². The Morgan fingerprint density at radius 3 is 2.35 bits per heavy atom. The molecule has 0 bridgehead atoms. The fourth-order valence-corrected chi connectivity index (χ4v) is 2.03. The molecule has 0 aliphatic heterocycles. The van der Waals surface area contributed by atoms with Gasteiger partial charge in [-0.1, -0.05) is 6.07 Å². The summed E-state index contributed by atoms with van der Waals surface area (Å²) in [5, 5.41) is 4.43. The highest BCUT2D eigenvalue weighted by atomic mass is 15.3. The van der Waals surface area contributed by atoms with Crippen molar-refractivity contribution in [1.29, 1.82) is 0 Å². The second kappa shape index (κ2) is 4.67. The maximum Gasteiger partial charge on any atom is 0.148 e. The summed E-state index contributed by atoms with van der Waals surface area (Å²) in [5.74, 6) is 1.71. The first-order valence-electron chi connectivity index (χ1n) is 5.81. The molecule has 0 atom stereocenters. The molecule has 0 aliphatic rings. The Kier molecular flexibility index (Phi) is 3.24. The molecule has 2 N–H and O–H groups in total. The Bertz CT molecular complexity index is 508. The summed E-state index contributed by atoms with van der Waals surface area (Å²) in [6, 6.07) is 6.37. The van der Waals surface area contributed by atoms with Crippen LogP contribution in [0.4, 0.5) is 0 Å². The van der Waals surface area contributed by atoms with Crippen LogP contribution in [0.3, 0.4) is 0 Å². The van der Waals surface area contributed by atoms with Gasteiger partial charge in [-0.2, -0.15) is 5.10 Å². The maximum absolute atomic E-state index is 5.60. The molecule has 0 saturated carbocycles. The van der Waals surface area contributed by atoms with Crippen molar-refractivity contribution in [2.24, 2.45) is 5.73 Å². The summed E-state index contributed by atoms with van der Waals surface area (Å²) in [6.45, 7) is 6.66. The molecule has 1 aromatic heterocycles. The summed E-state index contributed by atoms with van der Waals surface area (Å²) in [7, 11) is 0. The largest absolute Gasteiger partial charge is 0.330 e. The predicted molar refractivity (Wildman–Crippen MR) is 68.3 cm³/mol. The smallest absolute Gasteiger partial charge is 0.148 e. The average Bonchev–Trinajstić information content (AvgIpc) is 2.58. The van der Waals surface area contributed by atoms with Crippen molar-refractivity contribution in [2.75, 3.05) is 6.54 Å². The molecule has 0 unspecified atom stereocenters. The van der Waals surface area contributed by atoms with Gasteiger partial charge in [0.1, 0.15) is 11.6 Å². The van der Waals surface area contributed by atoms with Crippen LogP contribution in [-0.4, -0.2) is 21.3 Å². The third-order valence-electron chi connectivity index (χ3n) is 2.60. The van der Waals surface area contributed by atoms with Crippen molar-refractivity contribution < 1.29 is 0 Å². The lowest BCUT2D eigenvalue weighted by atomic mass is 10.1. The van der Waals surface area contributed by atoms with Gasteiger partial charge in [-0.25, -0.2) is 9.67 Å². The van der Waals surface area contributed by atoms with E-state index in [9.17, 15) is 0 Å². The normalized spacial score (nSPS) is 10.8. The van der Waals surface area contributed by atoms with Crippen LogP contribution in [0.2, 0.25) is 0 Å². The van der Waals surface area contributed by atoms with Crippen molar-refractivity contribution in [3.63, 3.8) is 0 Å². The minimum atomic E-state index is 0.586. The predicted octanol–water partition coefficient (Wildman–Crippen LogP) is 1.69. The maximum atomic E-state index is 5.60. The van der Waals surface area contributed by atoms with E-state index < -0.39 is 0 Å². The third-order valence-corrected chi connectivity index (χ3v) is 2.60. The quantitative estimate of drug-likeness (QED) is 0.873. The van der Waals surface area contributed by atoms with Gasteiger partial charge in [-0.05, 0) is 50.6 Å². The number of hydrogen-bond donors (Lipinski definition) is 1. The summed E-state index contributed by atoms with van der Waals surface area (Å²) in [6.07, 6.45) is 0.744. The number of benzene rings is 1. The van der Waals surface area contributed by atoms with E-state index in [1.165, 1.54) is 11.1 Å². The van der Waals surface area contributed by atoms with E-state index in [4.69, 9.17) is 5.73 Å². The van der Waals surface area contributed by atoms with Crippen LogP contribution in [0.1, 0.15) is 22.8 Å². The highest BCUT2D eigenvalue weighted by Gasteiger charge is 2.09. The van der Waals surface area contributed by atoms with Crippen LogP contribution in [0.5, 0.6) is 0 Å². The van der Waals surface area contributed by atoms with E-state index in [0.29, 0.717) is 6.54 Å². The lowest BCUT2D eigenvalue weighted by Crippen LogP contribution is -2.10. The number of aryl methyl sites for hydroxylation is 3. The van der Waals surface area contributed by atoms with Crippen molar-refractivity contribution in [1.82, 2.24) is 14.8 Å². The van der Waals surface area contributed by atoms with Crippen molar-refractivity contribution in [2.45, 2.75) is 27.2 Å². The monoisotopic (exact) mass is 230 g/mol. The van der Waals surface area contributed by atoms with Crippen LogP contribution in [0.15, 0.2) is 18.2 Å². The van der Waals surface area contributed by atoms with E-state index in [1.54, 1.807) is 0 Å². The zero-order valence-electron chi connectivity index (χ0n) is 10.6. The van der Waals surface area contributed by atoms with Crippen molar-refractivity contribution in [3.8, 4) is 5.69 Å². The van der Waals surface area contributed by atoms with Gasteiger partial charge in [0.05, 0.1) is 5.69 Å². The third kappa shape index (κ3) is 2.53. The van der Waals surface area contributed by atoms with Crippen LogP contribution in [0, 0.1) is 20.8 Å². The zero-order chi connectivity index (χ0) is 12.4. The Labute approximate surface area is 101 Å². The molecule has 2 rings (SSSR count). The molecule has 1 heterocycles. The number of aromatic nitrogens is 3. The Hall–Kier alpha value is -1.68. The molecule has 1 aromatic carbocycles. The topological polar surface area (TPSA) is 56.7 Å². The van der Waals surface area contributed by atoms with E-state index in [1.807, 2.05) is 11.6 Å². The molecule has 0 saturated heterocycles. The summed E-state index contributed by atoms with van der Waals surface area (Å²) in [5.41, 5.74) is 9.11. The Morgan fingerprint density at radius 2 is 1.76 bits per heavy atom. The van der Waals surface area contributed by atoms with Gasteiger partial charge in [0, 0.05) is 6.42 Å². The standard InChI is InChI=1S/C13H18N4/c1-9-6-10(2)8-12(7-9)17-13(4-5-14)15-11(3)16-17/h6-8H,4-5,14H2,1-3H3. The summed E-state index contributed by atoms with van der Waals surface area (Å²) in [4.78, 5) is 4.41.